The van der Waals surface area contributed by atoms with Gasteiger partial charge in [0, 0.05) is 0 Å². The maximum atomic E-state index is 12.6. The van der Waals surface area contributed by atoms with E-state index in [0.717, 1.165) is 5.56 Å². The number of ether oxygens (including phenoxy) is 1. The normalized spacial score (nSPS) is 13.3. The number of alkyl halides is 6. The molecule has 0 aliphatic rings. The number of alkyl carbamates (subject to hydrolysis) is 1. The predicted molar refractivity (Wildman–Crippen MR) is 84.8 cm³/mol. The van der Waals surface area contributed by atoms with Crippen molar-refractivity contribution in [1.82, 2.24) is 5.32 Å². The summed E-state index contributed by atoms with van der Waals surface area (Å²) in [6.07, 6.45) is -17.4. The van der Waals surface area contributed by atoms with Crippen molar-refractivity contribution in [2.75, 3.05) is 0 Å². The molecule has 0 heterocycles. The highest BCUT2D eigenvalue weighted by molar-refractivity contribution is 5.68. The van der Waals surface area contributed by atoms with Crippen LogP contribution in [0.25, 0.3) is 0 Å². The van der Waals surface area contributed by atoms with Gasteiger partial charge in [-0.2, -0.15) is 26.3 Å². The van der Waals surface area contributed by atoms with Gasteiger partial charge in [0.1, 0.15) is 0 Å². The minimum Gasteiger partial charge on any atom is -0.427 e. The van der Waals surface area contributed by atoms with Gasteiger partial charge < -0.3 is 10.1 Å². The number of nitrogens with one attached hydrogen (secondary N) is 1. The monoisotopic (exact) mass is 391 g/mol. The first-order valence-electron chi connectivity index (χ1n) is 7.77. The summed E-state index contributed by atoms with van der Waals surface area (Å²) >= 11 is 0. The van der Waals surface area contributed by atoms with Crippen LogP contribution >= 0.6 is 0 Å². The van der Waals surface area contributed by atoms with Crippen LogP contribution < -0.4 is 5.32 Å². The van der Waals surface area contributed by atoms with Gasteiger partial charge in [-0.3, -0.25) is 0 Å². The molecule has 3 nitrogen and oxygen atoms in total. The smallest absolute Gasteiger partial charge is 0.427 e. The molecule has 1 N–H and O–H groups in total. The van der Waals surface area contributed by atoms with Crippen molar-refractivity contribution < 1.29 is 35.9 Å². The van der Waals surface area contributed by atoms with E-state index in [1.807, 2.05) is 0 Å². The van der Waals surface area contributed by atoms with Gasteiger partial charge in [0.25, 0.3) is 6.10 Å². The van der Waals surface area contributed by atoms with E-state index in [0.29, 0.717) is 5.56 Å². The SMILES string of the molecule is O=C(NC(Cc1ccccc1)c1ccccc1)OC(C(F)(F)F)C(F)(F)F. The molecular weight excluding hydrogens is 376 g/mol. The van der Waals surface area contributed by atoms with Crippen molar-refractivity contribution in [3.63, 3.8) is 0 Å². The van der Waals surface area contributed by atoms with Crippen molar-refractivity contribution >= 4 is 6.09 Å². The van der Waals surface area contributed by atoms with E-state index >= 15 is 0 Å². The molecule has 0 bridgehead atoms. The van der Waals surface area contributed by atoms with Crippen LogP contribution in [0.1, 0.15) is 17.2 Å². The molecule has 1 atom stereocenters. The van der Waals surface area contributed by atoms with Crippen LogP contribution in [-0.4, -0.2) is 24.5 Å². The Kier molecular flexibility index (Phi) is 6.35. The fourth-order valence-electron chi connectivity index (χ4n) is 2.39. The standard InChI is InChI=1S/C18H15F6NO2/c19-17(20,21)15(18(22,23)24)27-16(26)25-14(13-9-5-2-6-10-13)11-12-7-3-1-4-8-12/h1-10,14-15H,11H2,(H,25,26). The Hall–Kier alpha value is -2.71. The highest BCUT2D eigenvalue weighted by Gasteiger charge is 2.60. The van der Waals surface area contributed by atoms with Crippen molar-refractivity contribution in [2.24, 2.45) is 0 Å². The summed E-state index contributed by atoms with van der Waals surface area (Å²) in [4.78, 5) is 11.8. The second kappa shape index (κ2) is 8.32. The lowest BCUT2D eigenvalue weighted by molar-refractivity contribution is -0.307. The molecule has 146 valence electrons. The Morgan fingerprint density at radius 3 is 1.81 bits per heavy atom. The maximum absolute atomic E-state index is 12.6. The van der Waals surface area contributed by atoms with Gasteiger partial charge in [0.2, 0.25) is 0 Å². The predicted octanol–water partition coefficient (Wildman–Crippen LogP) is 5.19. The Labute approximate surface area is 150 Å². The first-order valence-corrected chi connectivity index (χ1v) is 7.77. The molecular formula is C18H15F6NO2. The highest BCUT2D eigenvalue weighted by atomic mass is 19.4. The topological polar surface area (TPSA) is 38.3 Å². The summed E-state index contributed by atoms with van der Waals surface area (Å²) in [5, 5.41) is 2.10. The molecule has 2 aromatic carbocycles. The van der Waals surface area contributed by atoms with Crippen molar-refractivity contribution in [1.29, 1.82) is 0 Å². The van der Waals surface area contributed by atoms with Crippen LogP contribution in [0.2, 0.25) is 0 Å². The fourth-order valence-corrected chi connectivity index (χ4v) is 2.39. The van der Waals surface area contributed by atoms with Gasteiger partial charge in [-0.1, -0.05) is 60.7 Å². The lowest BCUT2D eigenvalue weighted by atomic mass is 9.99. The van der Waals surface area contributed by atoms with E-state index in [2.05, 4.69) is 10.1 Å². The average molecular weight is 391 g/mol. The van der Waals surface area contributed by atoms with E-state index < -0.39 is 30.6 Å². The van der Waals surface area contributed by atoms with Gasteiger partial charge in [-0.15, -0.1) is 0 Å². The fraction of sp³-hybridized carbons (Fsp3) is 0.278. The summed E-state index contributed by atoms with van der Waals surface area (Å²) < 4.78 is 79.0. The molecule has 2 rings (SSSR count). The van der Waals surface area contributed by atoms with Crippen LogP contribution in [0.5, 0.6) is 0 Å². The Bertz CT molecular complexity index is 717. The lowest BCUT2D eigenvalue weighted by Gasteiger charge is -2.25. The zero-order valence-corrected chi connectivity index (χ0v) is 13.7. The molecule has 0 aromatic heterocycles. The second-order valence-electron chi connectivity index (χ2n) is 5.67. The number of benzene rings is 2. The molecule has 0 saturated heterocycles. The molecule has 0 fully saturated rings. The van der Waals surface area contributed by atoms with Crippen LogP contribution in [0, 0.1) is 0 Å². The van der Waals surface area contributed by atoms with Crippen LogP contribution in [0.3, 0.4) is 0 Å². The van der Waals surface area contributed by atoms with Gasteiger partial charge >= 0.3 is 18.4 Å². The van der Waals surface area contributed by atoms with Gasteiger partial charge in [0.05, 0.1) is 6.04 Å². The number of amides is 1. The summed E-state index contributed by atoms with van der Waals surface area (Å²) in [6.45, 7) is 0. The third kappa shape index (κ3) is 6.19. The van der Waals surface area contributed by atoms with Crippen molar-refractivity contribution in [2.45, 2.75) is 30.9 Å². The van der Waals surface area contributed by atoms with Gasteiger partial charge in [-0.05, 0) is 17.5 Å². The molecule has 9 heteroatoms. The first kappa shape index (κ1) is 20.6. The van der Waals surface area contributed by atoms with Gasteiger partial charge in [-0.25, -0.2) is 4.79 Å². The highest BCUT2D eigenvalue weighted by Crippen LogP contribution is 2.35. The van der Waals surface area contributed by atoms with E-state index in [1.54, 1.807) is 60.7 Å². The summed E-state index contributed by atoms with van der Waals surface area (Å²) in [5.41, 5.74) is 1.24. The Balaban J connectivity index is 2.18. The molecule has 0 saturated carbocycles. The molecule has 0 spiro atoms. The quantitative estimate of drug-likeness (QED) is 0.713. The third-order valence-electron chi connectivity index (χ3n) is 3.60. The molecule has 1 amide bonds. The number of hydrogen-bond acceptors (Lipinski definition) is 2. The van der Waals surface area contributed by atoms with Crippen LogP contribution in [0.4, 0.5) is 31.1 Å². The number of carbonyl (C=O) groups is 1. The number of carbonyl (C=O) groups excluding carboxylic acids is 1. The van der Waals surface area contributed by atoms with Crippen molar-refractivity contribution in [3.8, 4) is 0 Å². The Morgan fingerprint density at radius 2 is 1.33 bits per heavy atom. The third-order valence-corrected chi connectivity index (χ3v) is 3.60. The number of rotatable bonds is 5. The number of hydrogen-bond donors (Lipinski definition) is 1. The van der Waals surface area contributed by atoms with E-state index in [-0.39, 0.29) is 6.42 Å². The van der Waals surface area contributed by atoms with Crippen LogP contribution in [-0.2, 0) is 11.2 Å². The second-order valence-corrected chi connectivity index (χ2v) is 5.67. The largest absolute Gasteiger partial charge is 0.434 e. The maximum Gasteiger partial charge on any atom is 0.434 e. The van der Waals surface area contributed by atoms with E-state index in [4.69, 9.17) is 0 Å². The van der Waals surface area contributed by atoms with Gasteiger partial charge in [0.15, 0.2) is 0 Å². The zero-order chi connectivity index (χ0) is 20.1. The first-order chi connectivity index (χ1) is 12.6. The number of halogens is 6. The molecule has 2 aromatic rings. The molecule has 0 aliphatic heterocycles. The van der Waals surface area contributed by atoms with Crippen molar-refractivity contribution in [3.05, 3.63) is 71.8 Å². The minimum absolute atomic E-state index is 0.155. The summed E-state index contributed by atoms with van der Waals surface area (Å²) in [6, 6.07) is 15.9. The van der Waals surface area contributed by atoms with Crippen LogP contribution in [0.15, 0.2) is 60.7 Å². The average Bonchev–Trinajstić information content (AvgIpc) is 2.59. The minimum atomic E-state index is -5.77. The zero-order valence-electron chi connectivity index (χ0n) is 13.7. The Morgan fingerprint density at radius 1 is 0.852 bits per heavy atom. The van der Waals surface area contributed by atoms with E-state index in [1.165, 1.54) is 0 Å². The lowest BCUT2D eigenvalue weighted by Crippen LogP contribution is -2.47. The molecule has 27 heavy (non-hydrogen) atoms. The molecule has 0 aliphatic carbocycles. The van der Waals surface area contributed by atoms with E-state index in [9.17, 15) is 31.1 Å². The summed E-state index contributed by atoms with van der Waals surface area (Å²) in [5.74, 6) is 0. The molecule has 0 radical (unpaired) electrons. The summed E-state index contributed by atoms with van der Waals surface area (Å²) in [7, 11) is 0. The molecule has 1 unspecified atom stereocenters.